The number of ether oxygens (including phenoxy) is 3. The topological polar surface area (TPSA) is 112 Å². The van der Waals surface area contributed by atoms with E-state index in [0.717, 1.165) is 25.7 Å². The summed E-state index contributed by atoms with van der Waals surface area (Å²) < 4.78 is 35.0. The Hall–Kier alpha value is -4.25. The van der Waals surface area contributed by atoms with Gasteiger partial charge in [0, 0.05) is 37.2 Å². The molecule has 2 aromatic heterocycles. The highest BCUT2D eigenvalue weighted by Crippen LogP contribution is 2.44. The minimum Gasteiger partial charge on any atom is -0.468 e. The van der Waals surface area contributed by atoms with Crippen molar-refractivity contribution in [3.8, 4) is 17.2 Å². The smallest absolute Gasteiger partial charge is 0.410 e. The number of carbonyl (C=O) groups is 2. The van der Waals surface area contributed by atoms with Crippen LogP contribution >= 0.6 is 11.6 Å². The van der Waals surface area contributed by atoms with Crippen molar-refractivity contribution in [2.75, 3.05) is 31.9 Å². The fourth-order valence-electron chi connectivity index (χ4n) is 9.38. The second-order valence-electron chi connectivity index (χ2n) is 17.7. The van der Waals surface area contributed by atoms with Crippen molar-refractivity contribution in [2.24, 2.45) is 0 Å². The second kappa shape index (κ2) is 15.5. The molecule has 57 heavy (non-hydrogen) atoms. The molecule has 2 unspecified atom stereocenters. The van der Waals surface area contributed by atoms with Crippen molar-refractivity contribution in [1.82, 2.24) is 24.4 Å². The fraction of sp³-hybridized carbons (Fsp3) is 0.558. The highest BCUT2D eigenvalue weighted by Gasteiger charge is 2.50. The van der Waals surface area contributed by atoms with Gasteiger partial charge in [0.05, 0.1) is 17.6 Å². The first-order valence-corrected chi connectivity index (χ1v) is 22.7. The number of anilines is 1. The van der Waals surface area contributed by atoms with E-state index >= 15 is 9.18 Å². The van der Waals surface area contributed by atoms with Crippen LogP contribution < -0.4 is 9.64 Å². The molecular formula is C43H54ClFN6O5Si. The molecule has 2 bridgehead atoms. The molecular weight excluding hydrogens is 763 g/mol. The Labute approximate surface area is 340 Å². The number of amides is 1. The first-order valence-electron chi connectivity index (χ1n) is 20.1. The lowest BCUT2D eigenvalue weighted by Gasteiger charge is -2.56. The minimum atomic E-state index is -2.28. The van der Waals surface area contributed by atoms with Gasteiger partial charge in [-0.1, -0.05) is 53.5 Å². The number of ketones is 1. The summed E-state index contributed by atoms with van der Waals surface area (Å²) in [5, 5.41) is 1.03. The molecule has 14 heteroatoms. The zero-order valence-electron chi connectivity index (χ0n) is 34.7. The summed E-state index contributed by atoms with van der Waals surface area (Å²) in [5.41, 5.74) is 5.37. The van der Waals surface area contributed by atoms with Crippen LogP contribution in [0.15, 0.2) is 24.3 Å². The van der Waals surface area contributed by atoms with E-state index < -0.39 is 25.3 Å². The van der Waals surface area contributed by atoms with E-state index in [1.54, 1.807) is 18.2 Å². The van der Waals surface area contributed by atoms with Gasteiger partial charge >= 0.3 is 6.09 Å². The molecule has 3 saturated heterocycles. The first kappa shape index (κ1) is 40.9. The van der Waals surface area contributed by atoms with Crippen LogP contribution in [0.5, 0.6) is 5.75 Å². The molecule has 304 valence electrons. The number of benzene rings is 2. The lowest BCUT2D eigenvalue weighted by Crippen LogP contribution is -2.70. The molecule has 2 atom stereocenters. The van der Waals surface area contributed by atoms with Crippen LogP contribution in [-0.2, 0) is 9.47 Å². The maximum Gasteiger partial charge on any atom is 0.410 e. The fourth-order valence-corrected chi connectivity index (χ4v) is 14.8. The minimum absolute atomic E-state index is 0.00570. The molecule has 3 aliphatic heterocycles. The zero-order chi connectivity index (χ0) is 41.1. The molecule has 11 nitrogen and oxygen atoms in total. The van der Waals surface area contributed by atoms with Gasteiger partial charge in [0.1, 0.15) is 30.8 Å². The number of hydrogen-bond acceptors (Lipinski definition) is 9. The third-order valence-electron chi connectivity index (χ3n) is 12.1. The molecule has 1 aliphatic carbocycles. The predicted octanol–water partition coefficient (Wildman–Crippen LogP) is 9.48. The number of aromatic nitrogens is 4. The molecule has 0 N–H and O–H groups in total. The third-order valence-corrected chi connectivity index (χ3v) is 18.6. The highest BCUT2D eigenvalue weighted by atomic mass is 35.5. The Bertz CT molecular complexity index is 2260. The van der Waals surface area contributed by atoms with Gasteiger partial charge in [0.2, 0.25) is 11.1 Å². The van der Waals surface area contributed by atoms with Crippen LogP contribution in [0.25, 0.3) is 21.9 Å². The first-order chi connectivity index (χ1) is 26.9. The predicted molar refractivity (Wildman–Crippen MR) is 223 cm³/mol. The van der Waals surface area contributed by atoms with Gasteiger partial charge < -0.3 is 23.7 Å². The SMILES string of the molecule is COCOc1cc(C(=O)c2nc3nc(Cl)nc(N4CC5CC(C4)N5C(=O)OC(C)(C)C)c3n2C2CCC2)c2c(C#C[Si](C(C)C)(C(C)C)C(C)C)c(F)ccc2c1. The van der Waals surface area contributed by atoms with Crippen molar-refractivity contribution in [1.29, 1.82) is 0 Å². The van der Waals surface area contributed by atoms with Crippen molar-refractivity contribution in [3.63, 3.8) is 0 Å². The van der Waals surface area contributed by atoms with Crippen molar-refractivity contribution in [3.05, 3.63) is 52.3 Å². The Morgan fingerprint density at radius 2 is 1.65 bits per heavy atom. The summed E-state index contributed by atoms with van der Waals surface area (Å²) in [4.78, 5) is 46.5. The van der Waals surface area contributed by atoms with E-state index in [0.29, 0.717) is 63.2 Å². The number of piperidine rings is 1. The molecule has 0 spiro atoms. The molecule has 8 rings (SSSR count). The normalized spacial score (nSPS) is 18.6. The summed E-state index contributed by atoms with van der Waals surface area (Å²) >= 11 is 6.60. The van der Waals surface area contributed by atoms with Gasteiger partial charge in [-0.15, -0.1) is 5.54 Å². The molecule has 1 saturated carbocycles. The van der Waals surface area contributed by atoms with Crippen molar-refractivity contribution < 1.29 is 28.2 Å². The number of nitrogens with zero attached hydrogens (tertiary/aromatic N) is 6. The van der Waals surface area contributed by atoms with Gasteiger partial charge in [-0.05, 0) is 98.3 Å². The molecule has 2 aromatic carbocycles. The lowest BCUT2D eigenvalue weighted by molar-refractivity contribution is -0.0380. The van der Waals surface area contributed by atoms with E-state index in [1.165, 1.54) is 13.2 Å². The number of fused-ring (bicyclic) bond motifs is 4. The van der Waals surface area contributed by atoms with Gasteiger partial charge in [-0.2, -0.15) is 9.97 Å². The van der Waals surface area contributed by atoms with Crippen molar-refractivity contribution >= 4 is 59.3 Å². The number of imidazole rings is 1. The average Bonchev–Trinajstić information content (AvgIpc) is 3.46. The molecule has 4 fully saturated rings. The van der Waals surface area contributed by atoms with Crippen LogP contribution in [0, 0.1) is 17.3 Å². The monoisotopic (exact) mass is 816 g/mol. The van der Waals surface area contributed by atoms with Crippen LogP contribution in [0.3, 0.4) is 0 Å². The zero-order valence-corrected chi connectivity index (χ0v) is 36.5. The maximum atomic E-state index is 16.2. The summed E-state index contributed by atoms with van der Waals surface area (Å²) in [6.45, 7) is 19.9. The quantitative estimate of drug-likeness (QED) is 0.0508. The number of halogens is 2. The molecule has 5 heterocycles. The summed E-state index contributed by atoms with van der Waals surface area (Å²) in [6.07, 6.45) is 3.19. The van der Waals surface area contributed by atoms with Crippen LogP contribution in [0.1, 0.15) is 116 Å². The Morgan fingerprint density at radius 3 is 2.23 bits per heavy atom. The van der Waals surface area contributed by atoms with E-state index in [1.807, 2.05) is 30.2 Å². The molecule has 0 radical (unpaired) electrons. The Kier molecular flexibility index (Phi) is 11.1. The van der Waals surface area contributed by atoms with E-state index in [-0.39, 0.29) is 53.2 Å². The Balaban J connectivity index is 1.38. The van der Waals surface area contributed by atoms with E-state index in [9.17, 15) is 4.79 Å². The number of piperazine rings is 1. The maximum absolute atomic E-state index is 16.2. The lowest BCUT2D eigenvalue weighted by atomic mass is 9.88. The van der Waals surface area contributed by atoms with E-state index in [2.05, 4.69) is 62.9 Å². The van der Waals surface area contributed by atoms with Crippen LogP contribution in [0.4, 0.5) is 15.0 Å². The number of carbonyl (C=O) groups excluding carboxylic acids is 2. The molecule has 1 amide bonds. The largest absolute Gasteiger partial charge is 0.468 e. The van der Waals surface area contributed by atoms with Gasteiger partial charge in [-0.3, -0.25) is 9.69 Å². The summed E-state index contributed by atoms with van der Waals surface area (Å²) in [7, 11) is -0.760. The summed E-state index contributed by atoms with van der Waals surface area (Å²) in [6, 6.07) is 6.31. The van der Waals surface area contributed by atoms with Crippen molar-refractivity contribution in [2.45, 2.75) is 128 Å². The Morgan fingerprint density at radius 1 is 0.982 bits per heavy atom. The van der Waals surface area contributed by atoms with Gasteiger partial charge in [0.15, 0.2) is 24.1 Å². The van der Waals surface area contributed by atoms with Gasteiger partial charge in [-0.25, -0.2) is 14.2 Å². The van der Waals surface area contributed by atoms with Gasteiger partial charge in [0.25, 0.3) is 0 Å². The molecule has 4 aliphatic rings. The second-order valence-corrected chi connectivity index (χ2v) is 23.7. The van der Waals surface area contributed by atoms with Crippen LogP contribution in [-0.4, -0.2) is 89.0 Å². The summed E-state index contributed by atoms with van der Waals surface area (Å²) in [5.74, 6) is 3.55. The number of methoxy groups -OCH3 is 1. The highest BCUT2D eigenvalue weighted by molar-refractivity contribution is 6.90. The number of rotatable bonds is 10. The standard InChI is InChI=1S/C43H54ClFN6O5Si/c1-24(2)57(25(3)4,26(5)6)17-16-32-34(45)15-14-27-18-31(55-23-54-10)20-33(35(27)32)37(52)40-46-38-36(51(40)28-12-11-13-28)39(48-41(44)47-38)49-21-29-19-30(22-49)50(29)42(53)56-43(7,8)9/h14-15,18,20,24-26,28-30H,11-13,19,21-23H2,1-10H3. The van der Waals surface area contributed by atoms with E-state index in [4.69, 9.17) is 35.8 Å². The molecule has 4 aromatic rings. The third kappa shape index (κ3) is 7.38. The number of hydrogen-bond donors (Lipinski definition) is 0. The van der Waals surface area contributed by atoms with Crippen LogP contribution in [0.2, 0.25) is 21.9 Å². The average molecular weight is 817 g/mol.